The van der Waals surface area contributed by atoms with E-state index in [4.69, 9.17) is 15.2 Å². The normalized spacial score (nSPS) is 12.7. The average Bonchev–Trinajstić information content (AvgIpc) is 2.80. The molecule has 0 bridgehead atoms. The summed E-state index contributed by atoms with van der Waals surface area (Å²) in [5, 5.41) is 0. The number of fused-ring (bicyclic) bond motifs is 1. The van der Waals surface area contributed by atoms with E-state index in [9.17, 15) is 4.79 Å². The van der Waals surface area contributed by atoms with Gasteiger partial charge in [0.05, 0.1) is 5.75 Å². The Hall–Kier alpha value is -1.36. The summed E-state index contributed by atoms with van der Waals surface area (Å²) >= 11 is 1.56. The third kappa shape index (κ3) is 3.10. The van der Waals surface area contributed by atoms with Gasteiger partial charge in [0.2, 0.25) is 12.7 Å². The zero-order chi connectivity index (χ0) is 13.0. The molecule has 1 aromatic rings. The molecule has 1 aromatic carbocycles. The van der Waals surface area contributed by atoms with E-state index in [0.29, 0.717) is 12.5 Å². The van der Waals surface area contributed by atoms with Gasteiger partial charge in [-0.15, -0.1) is 0 Å². The fourth-order valence-corrected chi connectivity index (χ4v) is 2.65. The van der Waals surface area contributed by atoms with Gasteiger partial charge in [0.1, 0.15) is 0 Å². The van der Waals surface area contributed by atoms with Crippen LogP contribution in [-0.4, -0.2) is 24.2 Å². The quantitative estimate of drug-likeness (QED) is 0.797. The topological polar surface area (TPSA) is 61.6 Å². The van der Waals surface area contributed by atoms with E-state index in [1.165, 1.54) is 11.1 Å². The van der Waals surface area contributed by atoms with Gasteiger partial charge in [-0.1, -0.05) is 6.92 Å². The lowest BCUT2D eigenvalue weighted by Crippen LogP contribution is -2.13. The lowest BCUT2D eigenvalue weighted by Gasteiger charge is -2.09. The first-order valence-electron chi connectivity index (χ1n) is 5.98. The first-order chi connectivity index (χ1) is 8.70. The van der Waals surface area contributed by atoms with Crippen molar-refractivity contribution in [3.05, 3.63) is 23.3 Å². The van der Waals surface area contributed by atoms with E-state index in [0.717, 1.165) is 30.1 Å². The summed E-state index contributed by atoms with van der Waals surface area (Å²) in [5.74, 6) is 2.66. The van der Waals surface area contributed by atoms with Crippen LogP contribution in [0.3, 0.4) is 0 Å². The molecule has 1 aliphatic heterocycles. The molecule has 2 rings (SSSR count). The van der Waals surface area contributed by atoms with Gasteiger partial charge >= 0.3 is 0 Å². The highest BCUT2D eigenvalue weighted by molar-refractivity contribution is 7.99. The van der Waals surface area contributed by atoms with E-state index < -0.39 is 0 Å². The summed E-state index contributed by atoms with van der Waals surface area (Å²) in [6.07, 6.45) is 1.88. The fraction of sp³-hybridized carbons (Fsp3) is 0.462. The number of amides is 1. The minimum atomic E-state index is -0.263. The molecule has 0 aliphatic carbocycles. The van der Waals surface area contributed by atoms with Gasteiger partial charge in [-0.2, -0.15) is 11.8 Å². The van der Waals surface area contributed by atoms with Crippen LogP contribution in [-0.2, 0) is 17.6 Å². The molecule has 0 aromatic heterocycles. The average molecular weight is 267 g/mol. The molecule has 0 fully saturated rings. The Morgan fingerprint density at radius 2 is 2.00 bits per heavy atom. The molecule has 98 valence electrons. The molecule has 0 spiro atoms. The zero-order valence-electron chi connectivity index (χ0n) is 10.4. The van der Waals surface area contributed by atoms with E-state index in [2.05, 4.69) is 13.0 Å². The number of primary amides is 1. The molecule has 0 saturated heterocycles. The lowest BCUT2D eigenvalue weighted by atomic mass is 10.0. The molecule has 1 amide bonds. The number of aryl methyl sites for hydroxylation is 2. The molecule has 0 atom stereocenters. The van der Waals surface area contributed by atoms with Crippen LogP contribution < -0.4 is 15.2 Å². The van der Waals surface area contributed by atoms with Crippen LogP contribution in [0, 0.1) is 0 Å². The second-order valence-corrected chi connectivity index (χ2v) is 5.20. The summed E-state index contributed by atoms with van der Waals surface area (Å²) in [6, 6.07) is 4.10. The molecular weight excluding hydrogens is 250 g/mol. The van der Waals surface area contributed by atoms with Crippen molar-refractivity contribution in [3.63, 3.8) is 0 Å². The van der Waals surface area contributed by atoms with Gasteiger partial charge in [0.25, 0.3) is 0 Å². The predicted molar refractivity (Wildman–Crippen MR) is 72.2 cm³/mol. The van der Waals surface area contributed by atoms with Crippen molar-refractivity contribution in [1.29, 1.82) is 0 Å². The van der Waals surface area contributed by atoms with Gasteiger partial charge < -0.3 is 15.2 Å². The molecule has 1 aliphatic rings. The van der Waals surface area contributed by atoms with Crippen molar-refractivity contribution < 1.29 is 14.3 Å². The maximum atomic E-state index is 10.7. The Morgan fingerprint density at radius 1 is 1.33 bits per heavy atom. The van der Waals surface area contributed by atoms with E-state index >= 15 is 0 Å². The number of thioether (sulfide) groups is 1. The number of benzene rings is 1. The van der Waals surface area contributed by atoms with Crippen molar-refractivity contribution in [2.45, 2.75) is 19.8 Å². The molecule has 1 heterocycles. The highest BCUT2D eigenvalue weighted by atomic mass is 32.2. The second kappa shape index (κ2) is 6.00. The maximum absolute atomic E-state index is 10.7. The first-order valence-corrected chi connectivity index (χ1v) is 7.13. The van der Waals surface area contributed by atoms with Crippen LogP contribution in [0.4, 0.5) is 0 Å². The standard InChI is InChI=1S/C13H17NO3S/c1-2-9-5-11-12(17-8-16-11)6-10(9)3-4-18-7-13(14)15/h5-6H,2-4,7-8H2,1H3,(H2,14,15). The van der Waals surface area contributed by atoms with Crippen LogP contribution in [0.25, 0.3) is 0 Å². The SMILES string of the molecule is CCc1cc2c(cc1CCSCC(N)=O)OCO2. The highest BCUT2D eigenvalue weighted by Gasteiger charge is 2.16. The van der Waals surface area contributed by atoms with E-state index in [1.807, 2.05) is 6.07 Å². The van der Waals surface area contributed by atoms with Crippen LogP contribution in [0.5, 0.6) is 11.5 Å². The zero-order valence-corrected chi connectivity index (χ0v) is 11.2. The van der Waals surface area contributed by atoms with E-state index in [1.54, 1.807) is 11.8 Å². The highest BCUT2D eigenvalue weighted by Crippen LogP contribution is 2.35. The van der Waals surface area contributed by atoms with Crippen LogP contribution >= 0.6 is 11.8 Å². The molecule has 2 N–H and O–H groups in total. The number of carbonyl (C=O) groups is 1. The molecule has 0 radical (unpaired) electrons. The minimum Gasteiger partial charge on any atom is -0.454 e. The summed E-state index contributed by atoms with van der Waals surface area (Å²) in [5.41, 5.74) is 7.64. The number of carbonyl (C=O) groups excluding carboxylic acids is 1. The largest absolute Gasteiger partial charge is 0.454 e. The molecule has 5 heteroatoms. The summed E-state index contributed by atoms with van der Waals surface area (Å²) in [6.45, 7) is 2.43. The maximum Gasteiger partial charge on any atom is 0.231 e. The van der Waals surface area contributed by atoms with Crippen LogP contribution in [0.15, 0.2) is 12.1 Å². The number of hydrogen-bond acceptors (Lipinski definition) is 4. The Morgan fingerprint density at radius 3 is 2.61 bits per heavy atom. The Balaban J connectivity index is 2.00. The second-order valence-electron chi connectivity index (χ2n) is 4.10. The summed E-state index contributed by atoms with van der Waals surface area (Å²) in [7, 11) is 0. The predicted octanol–water partition coefficient (Wildman–Crippen LogP) is 1.74. The van der Waals surface area contributed by atoms with Crippen molar-refractivity contribution in [1.82, 2.24) is 0 Å². The smallest absolute Gasteiger partial charge is 0.231 e. The van der Waals surface area contributed by atoms with Gasteiger partial charge in [-0.05, 0) is 41.9 Å². The summed E-state index contributed by atoms with van der Waals surface area (Å²) < 4.78 is 10.7. The fourth-order valence-electron chi connectivity index (χ4n) is 1.94. The Bertz CT molecular complexity index is 448. The van der Waals surface area contributed by atoms with Gasteiger partial charge in [0, 0.05) is 0 Å². The number of nitrogens with two attached hydrogens (primary N) is 1. The van der Waals surface area contributed by atoms with Crippen LogP contribution in [0.2, 0.25) is 0 Å². The number of rotatable bonds is 6. The van der Waals surface area contributed by atoms with Crippen molar-refractivity contribution in [3.8, 4) is 11.5 Å². The number of ether oxygens (including phenoxy) is 2. The van der Waals surface area contributed by atoms with Crippen LogP contribution in [0.1, 0.15) is 18.1 Å². The van der Waals surface area contributed by atoms with Gasteiger partial charge in [-0.25, -0.2) is 0 Å². The lowest BCUT2D eigenvalue weighted by molar-refractivity contribution is -0.115. The minimum absolute atomic E-state index is 0.263. The van der Waals surface area contributed by atoms with Gasteiger partial charge in [-0.3, -0.25) is 4.79 Å². The third-order valence-corrected chi connectivity index (χ3v) is 3.82. The Labute approximate surface area is 111 Å². The molecule has 4 nitrogen and oxygen atoms in total. The third-order valence-electron chi connectivity index (χ3n) is 2.84. The number of hydrogen-bond donors (Lipinski definition) is 1. The molecule has 0 unspecified atom stereocenters. The van der Waals surface area contributed by atoms with Crippen molar-refractivity contribution >= 4 is 17.7 Å². The Kier molecular flexibility index (Phi) is 4.36. The van der Waals surface area contributed by atoms with E-state index in [-0.39, 0.29) is 5.91 Å². The summed E-state index contributed by atoms with van der Waals surface area (Å²) in [4.78, 5) is 10.7. The molecule has 18 heavy (non-hydrogen) atoms. The first kappa shape index (κ1) is 13.1. The van der Waals surface area contributed by atoms with Crippen molar-refractivity contribution in [2.75, 3.05) is 18.3 Å². The monoisotopic (exact) mass is 267 g/mol. The molecular formula is C13H17NO3S. The van der Waals surface area contributed by atoms with Crippen molar-refractivity contribution in [2.24, 2.45) is 5.73 Å². The van der Waals surface area contributed by atoms with Gasteiger partial charge in [0.15, 0.2) is 11.5 Å². The molecule has 0 saturated carbocycles.